The maximum Gasteiger partial charge on any atom is 0.134 e. The van der Waals surface area contributed by atoms with Gasteiger partial charge in [-0.2, -0.15) is 0 Å². The molecule has 0 saturated carbocycles. The van der Waals surface area contributed by atoms with Crippen LogP contribution in [0.15, 0.2) is 54.7 Å². The van der Waals surface area contributed by atoms with Crippen molar-refractivity contribution in [2.24, 2.45) is 0 Å². The fraction of sp³-hybridized carbons (Fsp3) is 0.333. The number of anilines is 1. The van der Waals surface area contributed by atoms with Crippen molar-refractivity contribution in [2.45, 2.75) is 38.1 Å². The first-order valence-electron chi connectivity index (χ1n) is 10.5. The van der Waals surface area contributed by atoms with Crippen LogP contribution in [0.3, 0.4) is 0 Å². The third kappa shape index (κ3) is 5.49. The first kappa shape index (κ1) is 20.6. The van der Waals surface area contributed by atoms with Crippen molar-refractivity contribution < 1.29 is 5.11 Å². The number of benzene rings is 2. The molecule has 3 N–H and O–H groups in total. The molecule has 4 rings (SSSR count). The second kappa shape index (κ2) is 9.92. The Labute approximate surface area is 182 Å². The van der Waals surface area contributed by atoms with Crippen molar-refractivity contribution in [1.29, 1.82) is 0 Å². The molecule has 0 aliphatic carbocycles. The Kier molecular flexibility index (Phi) is 6.82. The van der Waals surface area contributed by atoms with E-state index < -0.39 is 0 Å². The molecule has 0 radical (unpaired) electrons. The van der Waals surface area contributed by atoms with Gasteiger partial charge >= 0.3 is 0 Å². The maximum atomic E-state index is 9.54. The molecular weight excluding hydrogens is 396 g/mol. The number of nitrogens with one attached hydrogen (secondary N) is 2. The van der Waals surface area contributed by atoms with Gasteiger partial charge in [0.1, 0.15) is 11.6 Å². The van der Waals surface area contributed by atoms with Crippen molar-refractivity contribution in [3.8, 4) is 17.0 Å². The van der Waals surface area contributed by atoms with E-state index in [-0.39, 0.29) is 5.75 Å². The second-order valence-electron chi connectivity index (χ2n) is 7.77. The Morgan fingerprint density at radius 1 is 1.13 bits per heavy atom. The summed E-state index contributed by atoms with van der Waals surface area (Å²) >= 11 is 5.99. The van der Waals surface area contributed by atoms with Crippen molar-refractivity contribution in [1.82, 2.24) is 15.3 Å². The summed E-state index contributed by atoms with van der Waals surface area (Å²) in [6.07, 6.45) is 6.81. The standard InChI is InChI=1S/C24H27ClN4O/c25-21-14-17(9-10-23(21)30)4-1-8-24-27-13-11-22(29-24)18-5-2-6-19(15-18)28-20-7-3-12-26-16-20/h2,5-6,9-11,13-15,20,26,28,30H,1,3-4,7-8,12,16H2. The summed E-state index contributed by atoms with van der Waals surface area (Å²) in [6.45, 7) is 2.12. The molecule has 3 aromatic rings. The quantitative estimate of drug-likeness (QED) is 0.508. The SMILES string of the molecule is Oc1ccc(CCCc2nccc(-c3cccc(NC4CCCNC4)c3)n2)cc1Cl. The zero-order valence-corrected chi connectivity index (χ0v) is 17.7. The van der Waals surface area contributed by atoms with E-state index in [2.05, 4.69) is 39.9 Å². The lowest BCUT2D eigenvalue weighted by Gasteiger charge is -2.25. The van der Waals surface area contributed by atoms with Crippen LogP contribution in [-0.4, -0.2) is 34.2 Å². The van der Waals surface area contributed by atoms with Gasteiger partial charge in [-0.15, -0.1) is 0 Å². The predicted octanol–water partition coefficient (Wildman–Crippen LogP) is 4.84. The van der Waals surface area contributed by atoms with E-state index in [1.165, 1.54) is 12.8 Å². The van der Waals surface area contributed by atoms with Gasteiger partial charge in [-0.1, -0.05) is 29.8 Å². The third-order valence-electron chi connectivity index (χ3n) is 5.41. The van der Waals surface area contributed by atoms with E-state index in [1.807, 2.05) is 24.4 Å². The highest BCUT2D eigenvalue weighted by molar-refractivity contribution is 6.32. The topological polar surface area (TPSA) is 70.1 Å². The fourth-order valence-corrected chi connectivity index (χ4v) is 4.02. The minimum atomic E-state index is 0.118. The average molecular weight is 423 g/mol. The van der Waals surface area contributed by atoms with Crippen LogP contribution in [0, 0.1) is 0 Å². The van der Waals surface area contributed by atoms with Crippen LogP contribution in [0.2, 0.25) is 5.02 Å². The number of aromatic hydroxyl groups is 1. The Hall–Kier alpha value is -2.63. The Bertz CT molecular complexity index is 988. The van der Waals surface area contributed by atoms with Crippen LogP contribution in [-0.2, 0) is 12.8 Å². The van der Waals surface area contributed by atoms with Gasteiger partial charge in [0.15, 0.2) is 0 Å². The van der Waals surface area contributed by atoms with Crippen LogP contribution in [0.5, 0.6) is 5.75 Å². The Morgan fingerprint density at radius 2 is 2.07 bits per heavy atom. The maximum absolute atomic E-state index is 9.54. The van der Waals surface area contributed by atoms with Gasteiger partial charge in [-0.3, -0.25) is 0 Å². The van der Waals surface area contributed by atoms with Gasteiger partial charge in [0, 0.05) is 36.5 Å². The Morgan fingerprint density at radius 3 is 2.90 bits per heavy atom. The van der Waals surface area contributed by atoms with E-state index in [9.17, 15) is 5.11 Å². The molecule has 1 fully saturated rings. The number of phenolic OH excluding ortho intramolecular Hbond substituents is 1. The molecule has 1 aromatic heterocycles. The lowest BCUT2D eigenvalue weighted by molar-refractivity contribution is 0.475. The second-order valence-corrected chi connectivity index (χ2v) is 8.17. The molecule has 1 saturated heterocycles. The number of piperidine rings is 1. The van der Waals surface area contributed by atoms with Gasteiger partial charge in [0.2, 0.25) is 0 Å². The number of hydrogen-bond donors (Lipinski definition) is 3. The van der Waals surface area contributed by atoms with Crippen molar-refractivity contribution in [2.75, 3.05) is 18.4 Å². The summed E-state index contributed by atoms with van der Waals surface area (Å²) in [4.78, 5) is 9.22. The fourth-order valence-electron chi connectivity index (χ4n) is 3.82. The van der Waals surface area contributed by atoms with E-state index in [4.69, 9.17) is 16.6 Å². The van der Waals surface area contributed by atoms with Crippen LogP contribution >= 0.6 is 11.6 Å². The molecule has 0 spiro atoms. The summed E-state index contributed by atoms with van der Waals surface area (Å²) < 4.78 is 0. The highest BCUT2D eigenvalue weighted by Crippen LogP contribution is 2.25. The molecule has 30 heavy (non-hydrogen) atoms. The normalized spacial score (nSPS) is 16.4. The largest absolute Gasteiger partial charge is 0.506 e. The van der Waals surface area contributed by atoms with Crippen molar-refractivity contribution >= 4 is 17.3 Å². The molecule has 1 aliphatic rings. The molecule has 0 amide bonds. The van der Waals surface area contributed by atoms with E-state index >= 15 is 0 Å². The number of hydrogen-bond acceptors (Lipinski definition) is 5. The first-order chi connectivity index (χ1) is 14.7. The summed E-state index contributed by atoms with van der Waals surface area (Å²) in [6, 6.07) is 16.2. The molecule has 1 aliphatic heterocycles. The highest BCUT2D eigenvalue weighted by atomic mass is 35.5. The summed E-state index contributed by atoms with van der Waals surface area (Å²) in [5.74, 6) is 0.958. The number of rotatable bonds is 7. The van der Waals surface area contributed by atoms with E-state index in [1.54, 1.807) is 6.07 Å². The minimum absolute atomic E-state index is 0.118. The average Bonchev–Trinajstić information content (AvgIpc) is 2.77. The number of halogens is 1. The number of aromatic nitrogens is 2. The van der Waals surface area contributed by atoms with Crippen LogP contribution < -0.4 is 10.6 Å². The molecule has 5 nitrogen and oxygen atoms in total. The monoisotopic (exact) mass is 422 g/mol. The third-order valence-corrected chi connectivity index (χ3v) is 5.71. The smallest absolute Gasteiger partial charge is 0.134 e. The minimum Gasteiger partial charge on any atom is -0.506 e. The van der Waals surface area contributed by atoms with Gasteiger partial charge < -0.3 is 15.7 Å². The highest BCUT2D eigenvalue weighted by Gasteiger charge is 2.13. The molecule has 1 unspecified atom stereocenters. The number of nitrogens with zero attached hydrogens (tertiary/aromatic N) is 2. The first-order valence-corrected chi connectivity index (χ1v) is 10.9. The predicted molar refractivity (Wildman–Crippen MR) is 122 cm³/mol. The molecule has 2 heterocycles. The van der Waals surface area contributed by atoms with Crippen molar-refractivity contribution in [3.05, 3.63) is 71.1 Å². The molecule has 6 heteroatoms. The Balaban J connectivity index is 1.39. The zero-order valence-electron chi connectivity index (χ0n) is 16.9. The van der Waals surface area contributed by atoms with E-state index in [0.717, 1.165) is 60.7 Å². The van der Waals surface area contributed by atoms with Crippen molar-refractivity contribution in [3.63, 3.8) is 0 Å². The summed E-state index contributed by atoms with van der Waals surface area (Å²) in [7, 11) is 0. The lowest BCUT2D eigenvalue weighted by Crippen LogP contribution is -2.38. The molecule has 1 atom stereocenters. The van der Waals surface area contributed by atoms with Crippen LogP contribution in [0.1, 0.15) is 30.7 Å². The van der Waals surface area contributed by atoms with E-state index in [0.29, 0.717) is 11.1 Å². The molecular formula is C24H27ClN4O. The van der Waals surface area contributed by atoms with Gasteiger partial charge in [-0.25, -0.2) is 9.97 Å². The van der Waals surface area contributed by atoms with Gasteiger partial charge in [0.25, 0.3) is 0 Å². The van der Waals surface area contributed by atoms with Crippen LogP contribution in [0.25, 0.3) is 11.3 Å². The molecule has 2 aromatic carbocycles. The van der Waals surface area contributed by atoms with Crippen LogP contribution in [0.4, 0.5) is 5.69 Å². The zero-order chi connectivity index (χ0) is 20.8. The number of phenols is 1. The van der Waals surface area contributed by atoms with Gasteiger partial charge in [-0.05, 0) is 68.1 Å². The lowest BCUT2D eigenvalue weighted by atomic mass is 10.1. The number of aryl methyl sites for hydroxylation is 2. The van der Waals surface area contributed by atoms with Gasteiger partial charge in [0.05, 0.1) is 10.7 Å². The molecule has 0 bridgehead atoms. The summed E-state index contributed by atoms with van der Waals surface area (Å²) in [5.41, 5.74) is 4.27. The molecule has 156 valence electrons. The summed E-state index contributed by atoms with van der Waals surface area (Å²) in [5, 5.41) is 17.0.